The Labute approximate surface area is 128 Å². The fourth-order valence-electron chi connectivity index (χ4n) is 3.68. The second-order valence-electron chi connectivity index (χ2n) is 6.50. The number of ether oxygens (including phenoxy) is 1. The van der Waals surface area contributed by atoms with Crippen molar-refractivity contribution < 1.29 is 9.53 Å². The van der Waals surface area contributed by atoms with Gasteiger partial charge < -0.3 is 15.8 Å². The van der Waals surface area contributed by atoms with E-state index < -0.39 is 0 Å². The summed E-state index contributed by atoms with van der Waals surface area (Å²) in [4.78, 5) is 14.7. The van der Waals surface area contributed by atoms with Crippen LogP contribution in [-0.2, 0) is 9.53 Å². The molecule has 0 radical (unpaired) electrons. The first-order valence-corrected chi connectivity index (χ1v) is 8.54. The van der Waals surface area contributed by atoms with Crippen LogP contribution in [0.5, 0.6) is 0 Å². The average molecular weight is 297 g/mol. The monoisotopic (exact) mass is 297 g/mol. The van der Waals surface area contributed by atoms with Crippen LogP contribution in [0, 0.1) is 0 Å². The quantitative estimate of drug-likeness (QED) is 0.774. The number of hydrogen-bond acceptors (Lipinski definition) is 4. The van der Waals surface area contributed by atoms with Crippen molar-refractivity contribution in [1.82, 2.24) is 10.2 Å². The van der Waals surface area contributed by atoms with Gasteiger partial charge in [-0.15, -0.1) is 0 Å². The Balaban J connectivity index is 1.94. The SMILES string of the molecule is CCCC(N)C(=O)NCC1(N2CCOCC2)CCCCC1. The molecule has 2 aliphatic rings. The third kappa shape index (κ3) is 4.41. The lowest BCUT2D eigenvalue weighted by atomic mass is 9.79. The zero-order valence-corrected chi connectivity index (χ0v) is 13.4. The van der Waals surface area contributed by atoms with Gasteiger partial charge in [-0.05, 0) is 19.3 Å². The maximum atomic E-state index is 12.1. The van der Waals surface area contributed by atoms with Gasteiger partial charge >= 0.3 is 0 Å². The van der Waals surface area contributed by atoms with E-state index in [9.17, 15) is 4.79 Å². The first-order chi connectivity index (χ1) is 10.2. The normalized spacial score (nSPS) is 24.5. The Bertz CT molecular complexity index is 323. The highest BCUT2D eigenvalue weighted by Gasteiger charge is 2.38. The predicted molar refractivity (Wildman–Crippen MR) is 84.1 cm³/mol. The minimum absolute atomic E-state index is 0.00931. The van der Waals surface area contributed by atoms with Gasteiger partial charge in [0.05, 0.1) is 19.3 Å². The van der Waals surface area contributed by atoms with E-state index in [-0.39, 0.29) is 17.5 Å². The molecule has 5 nitrogen and oxygen atoms in total. The molecule has 0 aromatic rings. The standard InChI is InChI=1S/C16H31N3O2/c1-2-6-14(17)15(20)18-13-16(7-4-3-5-8-16)19-9-11-21-12-10-19/h14H,2-13,17H2,1H3,(H,18,20). The smallest absolute Gasteiger partial charge is 0.236 e. The fourth-order valence-corrected chi connectivity index (χ4v) is 3.68. The minimum atomic E-state index is -0.361. The van der Waals surface area contributed by atoms with Crippen LogP contribution in [-0.4, -0.2) is 55.2 Å². The van der Waals surface area contributed by atoms with E-state index >= 15 is 0 Å². The maximum Gasteiger partial charge on any atom is 0.236 e. The van der Waals surface area contributed by atoms with Crippen molar-refractivity contribution in [2.45, 2.75) is 63.5 Å². The molecule has 0 aromatic heterocycles. The van der Waals surface area contributed by atoms with Crippen molar-refractivity contribution in [3.63, 3.8) is 0 Å². The minimum Gasteiger partial charge on any atom is -0.379 e. The van der Waals surface area contributed by atoms with Crippen LogP contribution < -0.4 is 11.1 Å². The number of carbonyl (C=O) groups excluding carboxylic acids is 1. The van der Waals surface area contributed by atoms with Gasteiger partial charge in [-0.3, -0.25) is 9.69 Å². The molecule has 1 heterocycles. The Hall–Kier alpha value is -0.650. The highest BCUT2D eigenvalue weighted by molar-refractivity contribution is 5.81. The predicted octanol–water partition coefficient (Wildman–Crippen LogP) is 1.27. The van der Waals surface area contributed by atoms with Gasteiger partial charge in [0.25, 0.3) is 0 Å². The number of nitrogens with zero attached hydrogens (tertiary/aromatic N) is 1. The molecule has 1 aliphatic carbocycles. The number of amides is 1. The number of nitrogens with one attached hydrogen (secondary N) is 1. The van der Waals surface area contributed by atoms with Crippen molar-refractivity contribution in [2.75, 3.05) is 32.8 Å². The summed E-state index contributed by atoms with van der Waals surface area (Å²) in [5.74, 6) is 0.00931. The van der Waals surface area contributed by atoms with Crippen LogP contribution in [0.4, 0.5) is 0 Å². The Morgan fingerprint density at radius 3 is 2.57 bits per heavy atom. The van der Waals surface area contributed by atoms with Crippen molar-refractivity contribution in [3.05, 3.63) is 0 Å². The molecule has 0 spiro atoms. The Kier molecular flexibility index (Phi) is 6.45. The lowest BCUT2D eigenvalue weighted by molar-refractivity contribution is -0.123. The topological polar surface area (TPSA) is 67.6 Å². The van der Waals surface area contributed by atoms with Crippen LogP contribution in [0.1, 0.15) is 51.9 Å². The lowest BCUT2D eigenvalue weighted by Gasteiger charge is -2.48. The zero-order valence-electron chi connectivity index (χ0n) is 13.4. The molecule has 2 rings (SSSR count). The van der Waals surface area contributed by atoms with Crippen molar-refractivity contribution in [3.8, 4) is 0 Å². The number of hydrogen-bond donors (Lipinski definition) is 2. The molecule has 0 bridgehead atoms. The molecule has 21 heavy (non-hydrogen) atoms. The van der Waals surface area contributed by atoms with Gasteiger partial charge in [-0.25, -0.2) is 0 Å². The molecule has 1 saturated carbocycles. The number of nitrogens with two attached hydrogens (primary N) is 1. The second kappa shape index (κ2) is 8.11. The first-order valence-electron chi connectivity index (χ1n) is 8.54. The third-order valence-electron chi connectivity index (χ3n) is 4.99. The number of carbonyl (C=O) groups is 1. The molecule has 1 amide bonds. The summed E-state index contributed by atoms with van der Waals surface area (Å²) in [7, 11) is 0. The summed E-state index contributed by atoms with van der Waals surface area (Å²) in [5, 5.41) is 3.13. The van der Waals surface area contributed by atoms with Crippen molar-refractivity contribution >= 4 is 5.91 Å². The van der Waals surface area contributed by atoms with Gasteiger partial charge in [0.15, 0.2) is 0 Å². The molecule has 1 atom stereocenters. The van der Waals surface area contributed by atoms with Crippen LogP contribution in [0.15, 0.2) is 0 Å². The van der Waals surface area contributed by atoms with Gasteiger partial charge in [0.1, 0.15) is 0 Å². The Morgan fingerprint density at radius 1 is 1.29 bits per heavy atom. The molecule has 1 aliphatic heterocycles. The van der Waals surface area contributed by atoms with Crippen LogP contribution in [0.25, 0.3) is 0 Å². The highest BCUT2D eigenvalue weighted by atomic mass is 16.5. The van der Waals surface area contributed by atoms with Crippen LogP contribution in [0.3, 0.4) is 0 Å². The van der Waals surface area contributed by atoms with E-state index in [2.05, 4.69) is 17.1 Å². The van der Waals surface area contributed by atoms with Gasteiger partial charge in [-0.2, -0.15) is 0 Å². The second-order valence-corrected chi connectivity index (χ2v) is 6.50. The van der Waals surface area contributed by atoms with E-state index in [0.29, 0.717) is 0 Å². The molecular weight excluding hydrogens is 266 g/mol. The maximum absolute atomic E-state index is 12.1. The van der Waals surface area contributed by atoms with E-state index in [1.54, 1.807) is 0 Å². The molecule has 1 unspecified atom stereocenters. The van der Waals surface area contributed by atoms with Gasteiger partial charge in [-0.1, -0.05) is 32.6 Å². The van der Waals surface area contributed by atoms with E-state index in [1.807, 2.05) is 0 Å². The summed E-state index contributed by atoms with van der Waals surface area (Å²) in [6.45, 7) is 6.39. The fraction of sp³-hybridized carbons (Fsp3) is 0.938. The molecule has 5 heteroatoms. The lowest BCUT2D eigenvalue weighted by Crippen LogP contribution is -2.60. The van der Waals surface area contributed by atoms with Gasteiger partial charge in [0.2, 0.25) is 5.91 Å². The molecular formula is C16H31N3O2. The van der Waals surface area contributed by atoms with Crippen molar-refractivity contribution in [2.24, 2.45) is 5.73 Å². The molecule has 0 aromatic carbocycles. The molecule has 1 saturated heterocycles. The molecule has 2 fully saturated rings. The molecule has 3 N–H and O–H groups in total. The first kappa shape index (κ1) is 16.7. The summed E-state index contributed by atoms with van der Waals surface area (Å²) >= 11 is 0. The summed E-state index contributed by atoms with van der Waals surface area (Å²) in [6.07, 6.45) is 7.89. The van der Waals surface area contributed by atoms with Crippen molar-refractivity contribution in [1.29, 1.82) is 0 Å². The number of morpholine rings is 1. The zero-order chi connectivity index (χ0) is 15.1. The Morgan fingerprint density at radius 2 is 1.95 bits per heavy atom. The summed E-state index contributed by atoms with van der Waals surface area (Å²) in [6, 6.07) is -0.361. The van der Waals surface area contributed by atoms with E-state index in [4.69, 9.17) is 10.5 Å². The summed E-state index contributed by atoms with van der Waals surface area (Å²) in [5.41, 5.74) is 6.05. The van der Waals surface area contributed by atoms with E-state index in [0.717, 1.165) is 45.7 Å². The summed E-state index contributed by atoms with van der Waals surface area (Å²) < 4.78 is 5.48. The van der Waals surface area contributed by atoms with Gasteiger partial charge in [0, 0.05) is 25.2 Å². The van der Waals surface area contributed by atoms with Crippen LogP contribution >= 0.6 is 0 Å². The average Bonchev–Trinajstić information content (AvgIpc) is 2.54. The largest absolute Gasteiger partial charge is 0.379 e. The van der Waals surface area contributed by atoms with Crippen LogP contribution in [0.2, 0.25) is 0 Å². The third-order valence-corrected chi connectivity index (χ3v) is 4.99. The number of rotatable bonds is 6. The van der Waals surface area contributed by atoms with E-state index in [1.165, 1.54) is 32.1 Å². The molecule has 122 valence electrons. The highest BCUT2D eigenvalue weighted by Crippen LogP contribution is 2.33.